The van der Waals surface area contributed by atoms with Gasteiger partial charge in [0.05, 0.1) is 22.1 Å². The van der Waals surface area contributed by atoms with Gasteiger partial charge in [-0.05, 0) is 37.8 Å². The molecule has 4 nitrogen and oxygen atoms in total. The van der Waals surface area contributed by atoms with E-state index in [-0.39, 0.29) is 22.2 Å². The Balaban J connectivity index is 1.85. The number of fused-ring (bicyclic) bond motifs is 2. The highest BCUT2D eigenvalue weighted by Crippen LogP contribution is 2.40. The highest BCUT2D eigenvalue weighted by Gasteiger charge is 2.46. The number of ketones is 1. The van der Waals surface area contributed by atoms with Gasteiger partial charge in [0.1, 0.15) is 0 Å². The third-order valence-corrected chi connectivity index (χ3v) is 7.44. The second-order valence-electron chi connectivity index (χ2n) is 5.99. The number of carbonyl (C=O) groups excluding carboxylic acids is 1. The van der Waals surface area contributed by atoms with E-state index >= 15 is 0 Å². The molecule has 2 unspecified atom stereocenters. The van der Waals surface area contributed by atoms with Crippen molar-refractivity contribution in [2.45, 2.75) is 42.6 Å². The molecule has 0 amide bonds. The van der Waals surface area contributed by atoms with Gasteiger partial charge < -0.3 is 0 Å². The molecule has 1 aromatic carbocycles. The van der Waals surface area contributed by atoms with E-state index in [0.29, 0.717) is 36.8 Å². The highest BCUT2D eigenvalue weighted by atomic mass is 32.2. The number of hydrogen-bond acceptors (Lipinski definition) is 4. The quantitative estimate of drug-likeness (QED) is 0.787. The van der Waals surface area contributed by atoms with Gasteiger partial charge in [0.25, 0.3) is 0 Å². The van der Waals surface area contributed by atoms with E-state index in [2.05, 4.69) is 0 Å². The Labute approximate surface area is 124 Å². The third-order valence-electron chi connectivity index (χ3n) is 4.72. The fourth-order valence-corrected chi connectivity index (χ4v) is 6.14. The summed E-state index contributed by atoms with van der Waals surface area (Å²) in [7, 11) is -3.03. The van der Waals surface area contributed by atoms with Crippen LogP contribution in [-0.2, 0) is 9.84 Å². The van der Waals surface area contributed by atoms with Crippen molar-refractivity contribution >= 4 is 15.6 Å². The van der Waals surface area contributed by atoms with Crippen molar-refractivity contribution in [2.24, 2.45) is 5.92 Å². The summed E-state index contributed by atoms with van der Waals surface area (Å²) in [4.78, 5) is 12.6. The minimum absolute atomic E-state index is 0.0149. The zero-order valence-corrected chi connectivity index (χ0v) is 12.5. The highest BCUT2D eigenvalue weighted by molar-refractivity contribution is 7.92. The third kappa shape index (κ3) is 2.49. The minimum Gasteiger partial charge on any atom is -0.294 e. The van der Waals surface area contributed by atoms with Crippen LogP contribution in [0.2, 0.25) is 0 Å². The lowest BCUT2D eigenvalue weighted by Crippen LogP contribution is -2.45. The molecule has 2 saturated heterocycles. The summed E-state index contributed by atoms with van der Waals surface area (Å²) < 4.78 is 24.5. The second-order valence-corrected chi connectivity index (χ2v) is 8.50. The van der Waals surface area contributed by atoms with Gasteiger partial charge in [-0.2, -0.15) is 5.26 Å². The molecule has 2 atom stereocenters. The summed E-state index contributed by atoms with van der Waals surface area (Å²) in [5.74, 6) is -0.239. The fraction of sp³-hybridized carbons (Fsp3) is 0.500. The largest absolute Gasteiger partial charge is 0.294 e. The maximum atomic E-state index is 12.6. The summed E-state index contributed by atoms with van der Waals surface area (Å²) in [5.41, 5.74) is 0.987. The molecule has 0 saturated carbocycles. The topological polar surface area (TPSA) is 75.0 Å². The van der Waals surface area contributed by atoms with Crippen molar-refractivity contribution < 1.29 is 13.2 Å². The number of nitriles is 1. The molecule has 3 rings (SSSR count). The van der Waals surface area contributed by atoms with Gasteiger partial charge in [0.15, 0.2) is 15.6 Å². The van der Waals surface area contributed by atoms with Crippen LogP contribution < -0.4 is 0 Å². The molecule has 0 aromatic heterocycles. The van der Waals surface area contributed by atoms with Crippen molar-refractivity contribution in [3.63, 3.8) is 0 Å². The summed E-state index contributed by atoms with van der Waals surface area (Å²) in [6, 6.07) is 8.70. The summed E-state index contributed by atoms with van der Waals surface area (Å²) in [5, 5.41) is 8.22. The fourth-order valence-electron chi connectivity index (χ4n) is 3.60. The maximum absolute atomic E-state index is 12.6. The van der Waals surface area contributed by atoms with Gasteiger partial charge in [-0.3, -0.25) is 4.79 Å². The van der Waals surface area contributed by atoms with E-state index in [9.17, 15) is 13.2 Å². The number of sulfone groups is 1. The average molecular weight is 303 g/mol. The maximum Gasteiger partial charge on any atom is 0.166 e. The van der Waals surface area contributed by atoms with Crippen molar-refractivity contribution in [3.8, 4) is 6.07 Å². The lowest BCUT2D eigenvalue weighted by molar-refractivity contribution is 0.0894. The number of hydrogen-bond donors (Lipinski definition) is 0. The first kappa shape index (κ1) is 14.3. The van der Waals surface area contributed by atoms with Crippen molar-refractivity contribution in [1.82, 2.24) is 0 Å². The van der Waals surface area contributed by atoms with E-state index in [4.69, 9.17) is 5.26 Å². The van der Waals surface area contributed by atoms with Crippen LogP contribution in [0.5, 0.6) is 0 Å². The average Bonchev–Trinajstić information content (AvgIpc) is 2.45. The molecule has 2 bridgehead atoms. The molecular weight excluding hydrogens is 286 g/mol. The molecule has 2 heterocycles. The van der Waals surface area contributed by atoms with Gasteiger partial charge in [-0.1, -0.05) is 18.6 Å². The molecule has 5 heteroatoms. The lowest BCUT2D eigenvalue weighted by atomic mass is 9.84. The van der Waals surface area contributed by atoms with Crippen LogP contribution >= 0.6 is 0 Å². The van der Waals surface area contributed by atoms with Crippen LogP contribution in [0.25, 0.3) is 0 Å². The van der Waals surface area contributed by atoms with E-state index in [1.54, 1.807) is 24.3 Å². The zero-order chi connectivity index (χ0) is 15.0. The number of Topliss-reactive ketones (excluding diaryl/α,β-unsaturated/α-hetero) is 1. The Morgan fingerprint density at radius 1 is 1.19 bits per heavy atom. The normalized spacial score (nSPS) is 30.3. The van der Waals surface area contributed by atoms with Gasteiger partial charge in [-0.25, -0.2) is 8.42 Å². The summed E-state index contributed by atoms with van der Waals surface area (Å²) in [6.45, 7) is 0. The first-order chi connectivity index (χ1) is 10.0. The van der Waals surface area contributed by atoms with Crippen LogP contribution in [-0.4, -0.2) is 24.7 Å². The Bertz CT molecular complexity index is 697. The van der Waals surface area contributed by atoms with Crippen molar-refractivity contribution in [1.29, 1.82) is 5.26 Å². The molecule has 110 valence electrons. The molecule has 2 aliphatic heterocycles. The minimum atomic E-state index is -3.03. The van der Waals surface area contributed by atoms with Gasteiger partial charge >= 0.3 is 0 Å². The molecule has 2 fully saturated rings. The second kappa shape index (κ2) is 5.27. The standard InChI is InChI=1S/C16H17NO3S/c17-10-11-3-1-4-12(7-11)16(18)13-8-14-5-2-6-15(9-13)21(14,19)20/h1,3-4,7,13-15H,2,5-6,8-9H2. The monoisotopic (exact) mass is 303 g/mol. The molecular formula is C16H17NO3S. The van der Waals surface area contributed by atoms with Crippen LogP contribution in [0.3, 0.4) is 0 Å². The Morgan fingerprint density at radius 3 is 2.48 bits per heavy atom. The molecule has 0 spiro atoms. The predicted octanol–water partition coefficient (Wildman–Crippen LogP) is 2.49. The van der Waals surface area contributed by atoms with E-state index < -0.39 is 9.84 Å². The van der Waals surface area contributed by atoms with Crippen LogP contribution in [0.4, 0.5) is 0 Å². The molecule has 21 heavy (non-hydrogen) atoms. The van der Waals surface area contributed by atoms with E-state index in [1.165, 1.54) is 0 Å². The Hall–Kier alpha value is -1.67. The molecule has 0 N–H and O–H groups in total. The Morgan fingerprint density at radius 2 is 1.86 bits per heavy atom. The summed E-state index contributed by atoms with van der Waals surface area (Å²) in [6.07, 6.45) is 3.18. The smallest absolute Gasteiger partial charge is 0.166 e. The molecule has 2 aliphatic rings. The van der Waals surface area contributed by atoms with Crippen LogP contribution in [0.1, 0.15) is 48.0 Å². The number of rotatable bonds is 2. The molecule has 1 aromatic rings. The Kier molecular flexibility index (Phi) is 3.58. The SMILES string of the molecule is N#Cc1cccc(C(=O)C2CC3CCCC(C2)S3(=O)=O)c1. The molecule has 0 aliphatic carbocycles. The zero-order valence-electron chi connectivity index (χ0n) is 11.7. The summed E-state index contributed by atoms with van der Waals surface area (Å²) >= 11 is 0. The van der Waals surface area contributed by atoms with Crippen molar-refractivity contribution in [2.75, 3.05) is 0 Å². The first-order valence-corrected chi connectivity index (χ1v) is 8.90. The first-order valence-electron chi connectivity index (χ1n) is 7.29. The number of carbonyl (C=O) groups is 1. The van der Waals surface area contributed by atoms with Gasteiger partial charge in [0, 0.05) is 11.5 Å². The van der Waals surface area contributed by atoms with Crippen molar-refractivity contribution in [3.05, 3.63) is 35.4 Å². The van der Waals surface area contributed by atoms with E-state index in [1.807, 2.05) is 6.07 Å². The van der Waals surface area contributed by atoms with Gasteiger partial charge in [0.2, 0.25) is 0 Å². The number of nitrogens with zero attached hydrogens (tertiary/aromatic N) is 1. The number of benzene rings is 1. The van der Waals surface area contributed by atoms with Crippen LogP contribution in [0, 0.1) is 17.2 Å². The van der Waals surface area contributed by atoms with Crippen LogP contribution in [0.15, 0.2) is 24.3 Å². The molecule has 0 radical (unpaired) electrons. The predicted molar refractivity (Wildman–Crippen MR) is 78.6 cm³/mol. The van der Waals surface area contributed by atoms with Gasteiger partial charge in [-0.15, -0.1) is 0 Å². The lowest BCUT2D eigenvalue weighted by Gasteiger charge is -2.38. The van der Waals surface area contributed by atoms with E-state index in [0.717, 1.165) is 6.42 Å².